The number of carbonyl (C=O) groups is 1. The summed E-state index contributed by atoms with van der Waals surface area (Å²) in [5, 5.41) is 8.41. The molecule has 178 valence electrons. The van der Waals surface area contributed by atoms with Gasteiger partial charge in [-0.05, 0) is 25.5 Å². The van der Waals surface area contributed by atoms with E-state index in [1.165, 1.54) is 39.4 Å². The number of hydrazone groups is 1. The minimum absolute atomic E-state index is 0.191. The van der Waals surface area contributed by atoms with Crippen LogP contribution >= 0.6 is 0 Å². The number of fused-ring (bicyclic) bond motifs is 1. The van der Waals surface area contributed by atoms with Crippen LogP contribution in [0.15, 0.2) is 35.4 Å². The molecule has 2 aromatic rings. The lowest BCUT2D eigenvalue weighted by Gasteiger charge is -2.22. The summed E-state index contributed by atoms with van der Waals surface area (Å²) in [7, 11) is 2.34. The van der Waals surface area contributed by atoms with Gasteiger partial charge in [0.2, 0.25) is 10.0 Å². The van der Waals surface area contributed by atoms with E-state index in [1.807, 2.05) is 0 Å². The van der Waals surface area contributed by atoms with Crippen LogP contribution in [0.4, 0.5) is 14.9 Å². The predicted molar refractivity (Wildman–Crippen MR) is 124 cm³/mol. The molecule has 33 heavy (non-hydrogen) atoms. The quantitative estimate of drug-likeness (QED) is 0.712. The number of sulfonamides is 1. The van der Waals surface area contributed by atoms with Gasteiger partial charge in [-0.25, -0.2) is 22.6 Å². The van der Waals surface area contributed by atoms with E-state index in [1.54, 1.807) is 31.2 Å². The van der Waals surface area contributed by atoms with Crippen molar-refractivity contribution < 1.29 is 27.1 Å². The SMILES string of the molecule is CNC(=O)N1N=C(c2ccc(N(C)S(C)(=O)=O)cc2)c2c(c(F)cc(OC)c2OC)CC1C. The van der Waals surface area contributed by atoms with E-state index >= 15 is 4.39 Å². The fourth-order valence-electron chi connectivity index (χ4n) is 3.67. The minimum atomic E-state index is -3.45. The molecule has 2 amide bonds. The van der Waals surface area contributed by atoms with Crippen molar-refractivity contribution in [3.63, 3.8) is 0 Å². The number of anilines is 1. The second-order valence-electron chi connectivity index (χ2n) is 7.63. The number of benzene rings is 2. The summed E-state index contributed by atoms with van der Waals surface area (Å²) in [6.07, 6.45) is 1.30. The highest BCUT2D eigenvalue weighted by Crippen LogP contribution is 2.39. The Balaban J connectivity index is 2.29. The Morgan fingerprint density at radius 2 is 1.88 bits per heavy atom. The van der Waals surface area contributed by atoms with Crippen molar-refractivity contribution in [3.05, 3.63) is 52.8 Å². The molecule has 0 fully saturated rings. The van der Waals surface area contributed by atoms with Crippen molar-refractivity contribution in [2.45, 2.75) is 19.4 Å². The number of urea groups is 1. The molecular weight excluding hydrogens is 451 g/mol. The molecule has 0 aliphatic carbocycles. The zero-order valence-corrected chi connectivity index (χ0v) is 20.2. The first-order valence-electron chi connectivity index (χ1n) is 10.1. The number of rotatable bonds is 5. The van der Waals surface area contributed by atoms with Gasteiger partial charge in [-0.2, -0.15) is 5.10 Å². The lowest BCUT2D eigenvalue weighted by Crippen LogP contribution is -2.41. The Bertz CT molecular complexity index is 1200. The fraction of sp³-hybridized carbons (Fsp3) is 0.364. The highest BCUT2D eigenvalue weighted by atomic mass is 32.2. The van der Waals surface area contributed by atoms with E-state index in [9.17, 15) is 13.2 Å². The minimum Gasteiger partial charge on any atom is -0.493 e. The molecule has 0 radical (unpaired) electrons. The van der Waals surface area contributed by atoms with Gasteiger partial charge >= 0.3 is 6.03 Å². The second-order valence-corrected chi connectivity index (χ2v) is 9.64. The van der Waals surface area contributed by atoms with Gasteiger partial charge in [0, 0.05) is 31.3 Å². The number of ether oxygens (including phenoxy) is 2. The number of methoxy groups -OCH3 is 2. The average Bonchev–Trinajstić information content (AvgIpc) is 2.94. The predicted octanol–water partition coefficient (Wildman–Crippen LogP) is 2.58. The largest absolute Gasteiger partial charge is 0.493 e. The number of nitrogens with zero attached hydrogens (tertiary/aromatic N) is 3. The summed E-state index contributed by atoms with van der Waals surface area (Å²) in [5.41, 5.74) is 1.98. The van der Waals surface area contributed by atoms with Crippen LogP contribution in [0.5, 0.6) is 11.5 Å². The van der Waals surface area contributed by atoms with Gasteiger partial charge in [-0.15, -0.1) is 0 Å². The van der Waals surface area contributed by atoms with Crippen molar-refractivity contribution in [3.8, 4) is 11.5 Å². The molecule has 2 aromatic carbocycles. The molecule has 3 rings (SSSR count). The monoisotopic (exact) mass is 478 g/mol. The molecule has 1 atom stereocenters. The van der Waals surface area contributed by atoms with Crippen LogP contribution in [-0.4, -0.2) is 65.8 Å². The summed E-state index contributed by atoms with van der Waals surface area (Å²) < 4.78 is 51.0. The fourth-order valence-corrected chi connectivity index (χ4v) is 4.18. The summed E-state index contributed by atoms with van der Waals surface area (Å²) in [4.78, 5) is 12.6. The molecule has 1 unspecified atom stereocenters. The van der Waals surface area contributed by atoms with Gasteiger partial charge in [0.25, 0.3) is 0 Å². The van der Waals surface area contributed by atoms with Crippen molar-refractivity contribution >= 4 is 27.5 Å². The van der Waals surface area contributed by atoms with Crippen LogP contribution in [-0.2, 0) is 16.4 Å². The van der Waals surface area contributed by atoms with Crippen LogP contribution < -0.4 is 19.1 Å². The first kappa shape index (κ1) is 24.3. The summed E-state index contributed by atoms with van der Waals surface area (Å²) >= 11 is 0. The van der Waals surface area contributed by atoms with Crippen LogP contribution in [0.2, 0.25) is 0 Å². The first-order chi connectivity index (χ1) is 15.5. The first-order valence-corrected chi connectivity index (χ1v) is 12.0. The van der Waals surface area contributed by atoms with Crippen LogP contribution in [0.25, 0.3) is 0 Å². The second kappa shape index (κ2) is 9.26. The van der Waals surface area contributed by atoms with Gasteiger partial charge < -0.3 is 14.8 Å². The molecule has 1 aliphatic heterocycles. The van der Waals surface area contributed by atoms with E-state index in [0.717, 1.165) is 10.6 Å². The summed E-state index contributed by atoms with van der Waals surface area (Å²) in [6, 6.07) is 6.89. The number of hydrogen-bond acceptors (Lipinski definition) is 6. The van der Waals surface area contributed by atoms with E-state index < -0.39 is 27.9 Å². The Hall–Kier alpha value is -3.34. The molecule has 1 N–H and O–H groups in total. The van der Waals surface area contributed by atoms with Crippen LogP contribution in [0.3, 0.4) is 0 Å². The third-order valence-electron chi connectivity index (χ3n) is 5.51. The van der Waals surface area contributed by atoms with Gasteiger partial charge in [-0.3, -0.25) is 4.31 Å². The zero-order valence-electron chi connectivity index (χ0n) is 19.3. The molecular formula is C22H27FN4O5S. The highest BCUT2D eigenvalue weighted by molar-refractivity contribution is 7.92. The van der Waals surface area contributed by atoms with E-state index in [4.69, 9.17) is 9.47 Å². The van der Waals surface area contributed by atoms with Gasteiger partial charge in [0.05, 0.1) is 37.8 Å². The molecule has 0 spiro atoms. The van der Waals surface area contributed by atoms with Crippen molar-refractivity contribution in [2.75, 3.05) is 38.9 Å². The van der Waals surface area contributed by atoms with E-state index in [-0.39, 0.29) is 17.9 Å². The Labute approximate surface area is 192 Å². The van der Waals surface area contributed by atoms with E-state index in [0.29, 0.717) is 28.1 Å². The summed E-state index contributed by atoms with van der Waals surface area (Å²) in [6.45, 7) is 1.77. The zero-order chi connectivity index (χ0) is 24.5. The Kier molecular flexibility index (Phi) is 6.82. The number of nitrogens with one attached hydrogen (secondary N) is 1. The Morgan fingerprint density at radius 3 is 2.39 bits per heavy atom. The standard InChI is InChI=1S/C22H27FN4O5S/c1-13-11-16-17(23)12-18(31-4)21(32-5)19(16)20(25-27(13)22(28)24-2)14-7-9-15(10-8-14)26(3)33(6,29)30/h7-10,12-13H,11H2,1-6H3,(H,24,28). The third kappa shape index (κ3) is 4.58. The normalized spacial score (nSPS) is 15.8. The summed E-state index contributed by atoms with van der Waals surface area (Å²) in [5.74, 6) is -0.0266. The molecule has 1 aliphatic rings. The maximum atomic E-state index is 15.2. The third-order valence-corrected chi connectivity index (χ3v) is 6.71. The average molecular weight is 479 g/mol. The number of hydrogen-bond donors (Lipinski definition) is 1. The molecule has 0 saturated heterocycles. The van der Waals surface area contributed by atoms with Crippen LogP contribution in [0.1, 0.15) is 23.6 Å². The molecule has 1 heterocycles. The van der Waals surface area contributed by atoms with Crippen LogP contribution in [0, 0.1) is 5.82 Å². The Morgan fingerprint density at radius 1 is 1.24 bits per heavy atom. The molecule has 11 heteroatoms. The molecule has 0 bridgehead atoms. The molecule has 0 saturated carbocycles. The topological polar surface area (TPSA) is 101 Å². The lowest BCUT2D eigenvalue weighted by molar-refractivity contribution is 0.184. The van der Waals surface area contributed by atoms with Gasteiger partial charge in [0.15, 0.2) is 11.5 Å². The lowest BCUT2D eigenvalue weighted by atomic mass is 9.92. The van der Waals surface area contributed by atoms with E-state index in [2.05, 4.69) is 10.4 Å². The highest BCUT2D eigenvalue weighted by Gasteiger charge is 2.32. The number of carbonyl (C=O) groups excluding carboxylic acids is 1. The van der Waals surface area contributed by atoms with Crippen molar-refractivity contribution in [2.24, 2.45) is 5.10 Å². The number of halogens is 1. The maximum absolute atomic E-state index is 15.2. The maximum Gasteiger partial charge on any atom is 0.337 e. The molecule has 9 nitrogen and oxygen atoms in total. The smallest absolute Gasteiger partial charge is 0.337 e. The number of amides is 2. The van der Waals surface area contributed by atoms with Crippen molar-refractivity contribution in [1.29, 1.82) is 0 Å². The van der Waals surface area contributed by atoms with Crippen molar-refractivity contribution in [1.82, 2.24) is 10.3 Å². The molecule has 0 aromatic heterocycles. The van der Waals surface area contributed by atoms with Gasteiger partial charge in [0.1, 0.15) is 11.5 Å². The van der Waals surface area contributed by atoms with Gasteiger partial charge in [-0.1, -0.05) is 12.1 Å².